The number of hydrogen-bond donors (Lipinski definition) is 4. The molecule has 6 N–H and O–H groups in total. The maximum atomic E-state index is 10.1. The molecular formula is C19H27N3O3. The number of hydrogen-bond acceptors (Lipinski definition) is 6. The van der Waals surface area contributed by atoms with Gasteiger partial charge in [-0.3, -0.25) is 0 Å². The standard InChI is InChI=1S/C19H27N3O3/c1-3-24-18-10-14(16(21)11-20)7-8-17(18)25-12-19(23)22-15-6-4-5-13(2)9-15/h4-10,16,19,22-23H,3,11-12,20-21H2,1-2H3. The fraction of sp³-hybridized carbons (Fsp3) is 0.368. The number of aliphatic hydroxyl groups is 1. The lowest BCUT2D eigenvalue weighted by Gasteiger charge is -2.18. The number of anilines is 1. The lowest BCUT2D eigenvalue weighted by atomic mass is 10.1. The second kappa shape index (κ2) is 9.27. The van der Waals surface area contributed by atoms with Crippen LogP contribution in [0.2, 0.25) is 0 Å². The van der Waals surface area contributed by atoms with Crippen molar-refractivity contribution in [2.45, 2.75) is 26.1 Å². The van der Waals surface area contributed by atoms with Crippen LogP contribution in [-0.4, -0.2) is 31.1 Å². The molecule has 0 fully saturated rings. The number of aryl methyl sites for hydroxylation is 1. The molecule has 0 aliphatic heterocycles. The SMILES string of the molecule is CCOc1cc(C(N)CN)ccc1OCC(O)Nc1cccc(C)c1. The van der Waals surface area contributed by atoms with Crippen molar-refractivity contribution in [3.63, 3.8) is 0 Å². The average Bonchev–Trinajstić information content (AvgIpc) is 2.60. The number of benzene rings is 2. The average molecular weight is 345 g/mol. The zero-order chi connectivity index (χ0) is 18.2. The number of rotatable bonds is 9. The molecule has 6 heteroatoms. The van der Waals surface area contributed by atoms with Crippen molar-refractivity contribution in [1.82, 2.24) is 0 Å². The van der Waals surface area contributed by atoms with Crippen LogP contribution in [0, 0.1) is 6.92 Å². The minimum absolute atomic E-state index is 0.0797. The fourth-order valence-electron chi connectivity index (χ4n) is 2.42. The summed E-state index contributed by atoms with van der Waals surface area (Å²) >= 11 is 0. The predicted molar refractivity (Wildman–Crippen MR) is 99.9 cm³/mol. The van der Waals surface area contributed by atoms with Gasteiger partial charge in [-0.05, 0) is 49.2 Å². The summed E-state index contributed by atoms with van der Waals surface area (Å²) in [5.41, 5.74) is 14.4. The van der Waals surface area contributed by atoms with Gasteiger partial charge in [0, 0.05) is 18.3 Å². The molecule has 136 valence electrons. The molecule has 6 nitrogen and oxygen atoms in total. The molecule has 2 atom stereocenters. The summed E-state index contributed by atoms with van der Waals surface area (Å²) < 4.78 is 11.3. The first kappa shape index (κ1) is 19.1. The van der Waals surface area contributed by atoms with Gasteiger partial charge >= 0.3 is 0 Å². The van der Waals surface area contributed by atoms with E-state index in [2.05, 4.69) is 5.32 Å². The van der Waals surface area contributed by atoms with E-state index in [0.717, 1.165) is 16.8 Å². The molecule has 0 saturated heterocycles. The Balaban J connectivity index is 2.01. The first-order valence-corrected chi connectivity index (χ1v) is 8.40. The summed E-state index contributed by atoms with van der Waals surface area (Å²) in [6.07, 6.45) is -0.845. The molecule has 2 rings (SSSR count). The van der Waals surface area contributed by atoms with Crippen LogP contribution in [0.25, 0.3) is 0 Å². The third-order valence-electron chi connectivity index (χ3n) is 3.70. The molecular weight excluding hydrogens is 318 g/mol. The Kier molecular flexibility index (Phi) is 7.06. The number of ether oxygens (including phenoxy) is 2. The van der Waals surface area contributed by atoms with Gasteiger partial charge < -0.3 is 31.4 Å². The van der Waals surface area contributed by atoms with Crippen molar-refractivity contribution >= 4 is 5.69 Å². The minimum Gasteiger partial charge on any atom is -0.490 e. The van der Waals surface area contributed by atoms with E-state index in [1.165, 1.54) is 0 Å². The van der Waals surface area contributed by atoms with Gasteiger partial charge in [0.1, 0.15) is 6.61 Å². The van der Waals surface area contributed by atoms with Gasteiger partial charge in [-0.2, -0.15) is 0 Å². The molecule has 0 spiro atoms. The Labute approximate surface area is 148 Å². The van der Waals surface area contributed by atoms with E-state index in [4.69, 9.17) is 20.9 Å². The van der Waals surface area contributed by atoms with Crippen LogP contribution in [-0.2, 0) is 0 Å². The summed E-state index contributed by atoms with van der Waals surface area (Å²) in [6.45, 7) is 4.83. The highest BCUT2D eigenvalue weighted by atomic mass is 16.5. The topological polar surface area (TPSA) is 103 Å². The summed E-state index contributed by atoms with van der Waals surface area (Å²) in [4.78, 5) is 0. The van der Waals surface area contributed by atoms with E-state index in [1.54, 1.807) is 6.07 Å². The summed E-state index contributed by atoms with van der Waals surface area (Å²) in [5, 5.41) is 13.1. The van der Waals surface area contributed by atoms with Crippen molar-refractivity contribution in [2.75, 3.05) is 25.1 Å². The van der Waals surface area contributed by atoms with Crippen LogP contribution in [0.3, 0.4) is 0 Å². The molecule has 0 amide bonds. The van der Waals surface area contributed by atoms with E-state index in [0.29, 0.717) is 24.7 Å². The molecule has 0 aromatic heterocycles. The Hall–Kier alpha value is -2.28. The first-order chi connectivity index (χ1) is 12.0. The van der Waals surface area contributed by atoms with E-state index in [1.807, 2.05) is 50.2 Å². The van der Waals surface area contributed by atoms with Gasteiger partial charge in [0.05, 0.1) is 6.61 Å². The lowest BCUT2D eigenvalue weighted by molar-refractivity contribution is 0.126. The largest absolute Gasteiger partial charge is 0.490 e. The van der Waals surface area contributed by atoms with Crippen molar-refractivity contribution in [3.05, 3.63) is 53.6 Å². The fourth-order valence-corrected chi connectivity index (χ4v) is 2.42. The smallest absolute Gasteiger partial charge is 0.161 e. The Bertz CT molecular complexity index is 679. The monoisotopic (exact) mass is 345 g/mol. The van der Waals surface area contributed by atoms with Gasteiger partial charge in [0.15, 0.2) is 17.7 Å². The maximum Gasteiger partial charge on any atom is 0.161 e. The summed E-state index contributed by atoms with van der Waals surface area (Å²) in [5.74, 6) is 1.14. The maximum absolute atomic E-state index is 10.1. The third kappa shape index (κ3) is 5.63. The van der Waals surface area contributed by atoms with Crippen LogP contribution >= 0.6 is 0 Å². The normalized spacial score (nSPS) is 13.2. The van der Waals surface area contributed by atoms with Gasteiger partial charge in [-0.15, -0.1) is 0 Å². The highest BCUT2D eigenvalue weighted by molar-refractivity contribution is 5.46. The molecule has 2 aromatic rings. The molecule has 0 saturated carbocycles. The number of nitrogens with one attached hydrogen (secondary N) is 1. The predicted octanol–water partition coefficient (Wildman–Crippen LogP) is 2.16. The zero-order valence-electron chi connectivity index (χ0n) is 14.7. The van der Waals surface area contributed by atoms with Crippen LogP contribution in [0.4, 0.5) is 5.69 Å². The van der Waals surface area contributed by atoms with Crippen molar-refractivity contribution in [3.8, 4) is 11.5 Å². The zero-order valence-corrected chi connectivity index (χ0v) is 14.7. The van der Waals surface area contributed by atoms with Crippen molar-refractivity contribution in [1.29, 1.82) is 0 Å². The van der Waals surface area contributed by atoms with E-state index < -0.39 is 6.23 Å². The molecule has 0 heterocycles. The first-order valence-electron chi connectivity index (χ1n) is 8.40. The number of nitrogens with two attached hydrogens (primary N) is 2. The number of aliphatic hydroxyl groups excluding tert-OH is 1. The summed E-state index contributed by atoms with van der Waals surface area (Å²) in [7, 11) is 0. The van der Waals surface area contributed by atoms with Crippen LogP contribution in [0.15, 0.2) is 42.5 Å². The van der Waals surface area contributed by atoms with Crippen molar-refractivity contribution < 1.29 is 14.6 Å². The molecule has 2 aromatic carbocycles. The Morgan fingerprint density at radius 3 is 2.60 bits per heavy atom. The van der Waals surface area contributed by atoms with E-state index in [9.17, 15) is 5.11 Å². The van der Waals surface area contributed by atoms with Gasteiger partial charge in [-0.1, -0.05) is 18.2 Å². The highest BCUT2D eigenvalue weighted by Crippen LogP contribution is 2.30. The quantitative estimate of drug-likeness (QED) is 0.519. The Morgan fingerprint density at radius 1 is 1.12 bits per heavy atom. The van der Waals surface area contributed by atoms with Crippen LogP contribution < -0.4 is 26.3 Å². The molecule has 0 bridgehead atoms. The molecule has 0 aliphatic rings. The molecule has 0 radical (unpaired) electrons. The Morgan fingerprint density at radius 2 is 1.92 bits per heavy atom. The van der Waals surface area contributed by atoms with E-state index in [-0.39, 0.29) is 12.6 Å². The van der Waals surface area contributed by atoms with Gasteiger partial charge in [0.25, 0.3) is 0 Å². The van der Waals surface area contributed by atoms with Gasteiger partial charge in [-0.25, -0.2) is 0 Å². The van der Waals surface area contributed by atoms with E-state index >= 15 is 0 Å². The van der Waals surface area contributed by atoms with Crippen LogP contribution in [0.1, 0.15) is 24.1 Å². The van der Waals surface area contributed by atoms with Crippen molar-refractivity contribution in [2.24, 2.45) is 11.5 Å². The molecule has 25 heavy (non-hydrogen) atoms. The lowest BCUT2D eigenvalue weighted by Crippen LogP contribution is -2.26. The molecule has 2 unspecified atom stereocenters. The molecule has 0 aliphatic carbocycles. The summed E-state index contributed by atoms with van der Waals surface area (Å²) in [6, 6.07) is 13.0. The highest BCUT2D eigenvalue weighted by Gasteiger charge is 2.12. The van der Waals surface area contributed by atoms with Crippen LogP contribution in [0.5, 0.6) is 11.5 Å². The van der Waals surface area contributed by atoms with Gasteiger partial charge in [0.2, 0.25) is 0 Å². The second-order valence-corrected chi connectivity index (χ2v) is 5.82. The third-order valence-corrected chi connectivity index (χ3v) is 3.70. The second-order valence-electron chi connectivity index (χ2n) is 5.82. The minimum atomic E-state index is -0.845.